The van der Waals surface area contributed by atoms with Crippen LogP contribution in [0.15, 0.2) is 36.4 Å². The number of carbonyl (C=O) groups is 1. The van der Waals surface area contributed by atoms with Gasteiger partial charge >= 0.3 is 6.18 Å². The van der Waals surface area contributed by atoms with Gasteiger partial charge in [0, 0.05) is 18.8 Å². The van der Waals surface area contributed by atoms with Crippen molar-refractivity contribution in [3.63, 3.8) is 0 Å². The second-order valence-corrected chi connectivity index (χ2v) is 5.41. The van der Waals surface area contributed by atoms with Crippen molar-refractivity contribution in [3.8, 4) is 0 Å². The largest absolute Gasteiger partial charge is 0.416 e. The predicted octanol–water partition coefficient (Wildman–Crippen LogP) is 2.58. The lowest BCUT2D eigenvalue weighted by Gasteiger charge is -2.27. The van der Waals surface area contributed by atoms with Gasteiger partial charge in [0.15, 0.2) is 11.5 Å². The van der Waals surface area contributed by atoms with Crippen molar-refractivity contribution in [1.29, 1.82) is 0 Å². The quantitative estimate of drug-likeness (QED) is 0.920. The number of amides is 1. The summed E-state index contributed by atoms with van der Waals surface area (Å²) in [6, 6.07) is 7.40. The van der Waals surface area contributed by atoms with Crippen molar-refractivity contribution in [2.75, 3.05) is 36.5 Å². The number of nitrogens with one attached hydrogen (secondary N) is 1. The van der Waals surface area contributed by atoms with Crippen molar-refractivity contribution >= 4 is 17.4 Å². The summed E-state index contributed by atoms with van der Waals surface area (Å²) in [4.78, 5) is 14.1. The number of rotatable bonds is 3. The molecule has 1 fully saturated rings. The molecule has 25 heavy (non-hydrogen) atoms. The lowest BCUT2D eigenvalue weighted by molar-refractivity contribution is -0.137. The summed E-state index contributed by atoms with van der Waals surface area (Å²) < 4.78 is 42.8. The maximum Gasteiger partial charge on any atom is 0.416 e. The molecule has 1 saturated heterocycles. The van der Waals surface area contributed by atoms with Crippen LogP contribution in [-0.4, -0.2) is 42.4 Å². The summed E-state index contributed by atoms with van der Waals surface area (Å²) in [5, 5.41) is 10.4. The van der Waals surface area contributed by atoms with Crippen molar-refractivity contribution < 1.29 is 22.7 Å². The van der Waals surface area contributed by atoms with E-state index >= 15 is 0 Å². The molecule has 1 aliphatic rings. The molecule has 3 rings (SSSR count). The van der Waals surface area contributed by atoms with E-state index in [0.29, 0.717) is 32.1 Å². The fourth-order valence-electron chi connectivity index (χ4n) is 2.35. The summed E-state index contributed by atoms with van der Waals surface area (Å²) >= 11 is 0. The molecule has 0 bridgehead atoms. The Balaban J connectivity index is 1.64. The van der Waals surface area contributed by atoms with Crippen molar-refractivity contribution in [3.05, 3.63) is 47.7 Å². The summed E-state index contributed by atoms with van der Waals surface area (Å²) in [5.74, 6) is 0.107. The van der Waals surface area contributed by atoms with Crippen LogP contribution >= 0.6 is 0 Å². The third-order valence-corrected chi connectivity index (χ3v) is 3.69. The number of morpholine rings is 1. The van der Waals surface area contributed by atoms with Gasteiger partial charge in [0.25, 0.3) is 5.91 Å². The molecule has 9 heteroatoms. The van der Waals surface area contributed by atoms with E-state index in [-0.39, 0.29) is 11.4 Å². The van der Waals surface area contributed by atoms with Gasteiger partial charge in [0.1, 0.15) is 0 Å². The number of anilines is 2. The van der Waals surface area contributed by atoms with E-state index in [1.54, 1.807) is 6.07 Å². The minimum absolute atomic E-state index is 0.0805. The molecule has 1 N–H and O–H groups in total. The van der Waals surface area contributed by atoms with E-state index < -0.39 is 17.6 Å². The molecule has 1 amide bonds. The molecule has 0 radical (unpaired) electrons. The molecule has 132 valence electrons. The number of benzene rings is 1. The smallest absolute Gasteiger partial charge is 0.378 e. The number of alkyl halides is 3. The predicted molar refractivity (Wildman–Crippen MR) is 84.5 cm³/mol. The Hall–Kier alpha value is -2.68. The van der Waals surface area contributed by atoms with Gasteiger partial charge in [-0.15, -0.1) is 10.2 Å². The number of aromatic nitrogens is 2. The van der Waals surface area contributed by atoms with Crippen LogP contribution in [0.3, 0.4) is 0 Å². The average molecular weight is 352 g/mol. The van der Waals surface area contributed by atoms with Crippen LogP contribution in [0.25, 0.3) is 0 Å². The Morgan fingerprint density at radius 3 is 2.28 bits per heavy atom. The first-order valence-corrected chi connectivity index (χ1v) is 7.58. The molecule has 0 spiro atoms. The van der Waals surface area contributed by atoms with E-state index in [4.69, 9.17) is 4.74 Å². The van der Waals surface area contributed by atoms with E-state index in [1.165, 1.54) is 18.2 Å². The highest BCUT2D eigenvalue weighted by Crippen LogP contribution is 2.29. The number of halogens is 3. The molecule has 0 aliphatic carbocycles. The number of hydrogen-bond acceptors (Lipinski definition) is 5. The topological polar surface area (TPSA) is 67.4 Å². The second-order valence-electron chi connectivity index (χ2n) is 5.41. The first kappa shape index (κ1) is 17.2. The second kappa shape index (κ2) is 7.06. The fraction of sp³-hybridized carbons (Fsp3) is 0.312. The SMILES string of the molecule is O=C(Nc1ccc(C(F)(F)F)cc1)c1ccc(N2CCOCC2)nn1. The maximum atomic E-state index is 12.5. The first-order valence-electron chi connectivity index (χ1n) is 7.58. The molecule has 1 aromatic heterocycles. The van der Waals surface area contributed by atoms with E-state index in [0.717, 1.165) is 12.1 Å². The Bertz CT molecular complexity index is 727. The van der Waals surface area contributed by atoms with Crippen LogP contribution < -0.4 is 10.2 Å². The van der Waals surface area contributed by atoms with Gasteiger partial charge in [-0.1, -0.05) is 0 Å². The lowest BCUT2D eigenvalue weighted by atomic mass is 10.2. The van der Waals surface area contributed by atoms with Gasteiger partial charge in [-0.3, -0.25) is 4.79 Å². The highest BCUT2D eigenvalue weighted by Gasteiger charge is 2.30. The highest BCUT2D eigenvalue weighted by molar-refractivity contribution is 6.02. The Labute approximate surface area is 141 Å². The normalized spacial score (nSPS) is 15.1. The summed E-state index contributed by atoms with van der Waals surface area (Å²) in [7, 11) is 0. The zero-order valence-electron chi connectivity index (χ0n) is 13.1. The Morgan fingerprint density at radius 2 is 1.72 bits per heavy atom. The molecule has 0 unspecified atom stereocenters. The standard InChI is InChI=1S/C16H15F3N4O2/c17-16(18,19)11-1-3-12(4-2-11)20-15(24)13-5-6-14(22-21-13)23-7-9-25-10-8-23/h1-6H,7-10H2,(H,20,24). The molecule has 0 saturated carbocycles. The van der Waals surface area contributed by atoms with Gasteiger partial charge < -0.3 is 15.0 Å². The van der Waals surface area contributed by atoms with E-state index in [9.17, 15) is 18.0 Å². The third kappa shape index (κ3) is 4.24. The summed E-state index contributed by atoms with van der Waals surface area (Å²) in [6.07, 6.45) is -4.41. The lowest BCUT2D eigenvalue weighted by Crippen LogP contribution is -2.37. The summed E-state index contributed by atoms with van der Waals surface area (Å²) in [5.41, 5.74) is -0.450. The monoisotopic (exact) mass is 352 g/mol. The van der Waals surface area contributed by atoms with Gasteiger partial charge in [-0.05, 0) is 36.4 Å². The average Bonchev–Trinajstić information content (AvgIpc) is 2.62. The number of hydrogen-bond donors (Lipinski definition) is 1. The molecular formula is C16H15F3N4O2. The number of ether oxygens (including phenoxy) is 1. The zero-order valence-corrected chi connectivity index (χ0v) is 13.1. The molecule has 1 aliphatic heterocycles. The van der Waals surface area contributed by atoms with E-state index in [1.807, 2.05) is 4.90 Å². The van der Waals surface area contributed by atoms with Crippen LogP contribution in [0.2, 0.25) is 0 Å². The van der Waals surface area contributed by atoms with Crippen LogP contribution in [0.1, 0.15) is 16.1 Å². The molecular weight excluding hydrogens is 337 g/mol. The zero-order chi connectivity index (χ0) is 17.9. The molecule has 1 aromatic carbocycles. The van der Waals surface area contributed by atoms with Crippen molar-refractivity contribution in [2.45, 2.75) is 6.18 Å². The number of nitrogens with zero attached hydrogens (tertiary/aromatic N) is 3. The van der Waals surface area contributed by atoms with Crippen LogP contribution in [0.5, 0.6) is 0 Å². The fourth-order valence-corrected chi connectivity index (χ4v) is 2.35. The maximum absolute atomic E-state index is 12.5. The van der Waals surface area contributed by atoms with Gasteiger partial charge in [-0.25, -0.2) is 0 Å². The minimum Gasteiger partial charge on any atom is -0.378 e. The molecule has 0 atom stereocenters. The van der Waals surface area contributed by atoms with Crippen LogP contribution in [-0.2, 0) is 10.9 Å². The van der Waals surface area contributed by atoms with Gasteiger partial charge in [-0.2, -0.15) is 13.2 Å². The minimum atomic E-state index is -4.41. The first-order chi connectivity index (χ1) is 11.9. The Kier molecular flexibility index (Phi) is 4.84. The van der Waals surface area contributed by atoms with Crippen LogP contribution in [0, 0.1) is 0 Å². The van der Waals surface area contributed by atoms with Gasteiger partial charge in [0.2, 0.25) is 0 Å². The van der Waals surface area contributed by atoms with Crippen molar-refractivity contribution in [2.24, 2.45) is 0 Å². The summed E-state index contributed by atoms with van der Waals surface area (Å²) in [6.45, 7) is 2.62. The third-order valence-electron chi connectivity index (χ3n) is 3.69. The van der Waals surface area contributed by atoms with Crippen LogP contribution in [0.4, 0.5) is 24.7 Å². The molecule has 2 heterocycles. The molecule has 2 aromatic rings. The Morgan fingerprint density at radius 1 is 1.04 bits per heavy atom. The highest BCUT2D eigenvalue weighted by atomic mass is 19.4. The van der Waals surface area contributed by atoms with E-state index in [2.05, 4.69) is 15.5 Å². The molecule has 6 nitrogen and oxygen atoms in total. The number of carbonyl (C=O) groups excluding carboxylic acids is 1. The van der Waals surface area contributed by atoms with Gasteiger partial charge in [0.05, 0.1) is 18.8 Å². The van der Waals surface area contributed by atoms with Crippen molar-refractivity contribution in [1.82, 2.24) is 10.2 Å².